The van der Waals surface area contributed by atoms with E-state index < -0.39 is 17.7 Å². The first kappa shape index (κ1) is 16.3. The van der Waals surface area contributed by atoms with Gasteiger partial charge in [-0.05, 0) is 24.3 Å². The molecule has 0 bridgehead atoms. The highest BCUT2D eigenvalue weighted by molar-refractivity contribution is 9.10. The van der Waals surface area contributed by atoms with Gasteiger partial charge < -0.3 is 5.32 Å². The van der Waals surface area contributed by atoms with Gasteiger partial charge in [-0.25, -0.2) is 8.78 Å². The van der Waals surface area contributed by atoms with E-state index in [0.717, 1.165) is 31.1 Å². The summed E-state index contributed by atoms with van der Waals surface area (Å²) in [5.41, 5.74) is 0.0867. The van der Waals surface area contributed by atoms with Crippen LogP contribution in [0, 0.1) is 11.6 Å². The summed E-state index contributed by atoms with van der Waals surface area (Å²) < 4.78 is 30.0. The number of nitrogens with zero attached hydrogens (tertiary/aromatic N) is 1. The molecule has 1 aromatic heterocycles. The molecule has 7 heteroatoms. The Kier molecular flexibility index (Phi) is 5.14. The molecule has 0 unspecified atom stereocenters. The monoisotopic (exact) mass is 406 g/mol. The zero-order valence-electron chi connectivity index (χ0n) is 11.6. The van der Waals surface area contributed by atoms with Crippen LogP contribution < -0.4 is 5.32 Å². The minimum absolute atomic E-state index is 0.0867. The molecule has 1 aromatic carbocycles. The van der Waals surface area contributed by atoms with Crippen molar-refractivity contribution in [3.8, 4) is 0 Å². The summed E-state index contributed by atoms with van der Waals surface area (Å²) in [6.45, 7) is 3.06. The fourth-order valence-corrected chi connectivity index (χ4v) is 4.34. The number of benzene rings is 1. The maximum absolute atomic E-state index is 14.5. The third-order valence-electron chi connectivity index (χ3n) is 3.70. The first-order chi connectivity index (χ1) is 10.6. The van der Waals surface area contributed by atoms with Gasteiger partial charge in [0.25, 0.3) is 0 Å². The summed E-state index contributed by atoms with van der Waals surface area (Å²) in [6, 6.07) is 5.78. The lowest BCUT2D eigenvalue weighted by Crippen LogP contribution is -2.45. The molecular weight excluding hydrogens is 394 g/mol. The smallest absolute Gasteiger partial charge is 0.132 e. The van der Waals surface area contributed by atoms with Crippen molar-refractivity contribution in [1.82, 2.24) is 10.2 Å². The molecule has 3 rings (SSSR count). The molecule has 0 aliphatic carbocycles. The minimum Gasteiger partial charge on any atom is -0.314 e. The Balaban J connectivity index is 2.09. The number of thiophene rings is 1. The highest BCUT2D eigenvalue weighted by atomic mass is 79.9. The predicted molar refractivity (Wildman–Crippen MR) is 89.7 cm³/mol. The van der Waals surface area contributed by atoms with Crippen molar-refractivity contribution in [2.45, 2.75) is 6.04 Å². The van der Waals surface area contributed by atoms with E-state index in [4.69, 9.17) is 11.6 Å². The van der Waals surface area contributed by atoms with Gasteiger partial charge in [-0.2, -0.15) is 0 Å². The highest BCUT2D eigenvalue weighted by Crippen LogP contribution is 2.38. The number of piperazine rings is 1. The van der Waals surface area contributed by atoms with E-state index in [9.17, 15) is 8.78 Å². The van der Waals surface area contributed by atoms with Crippen LogP contribution in [0.2, 0.25) is 4.34 Å². The molecule has 118 valence electrons. The van der Waals surface area contributed by atoms with Crippen molar-refractivity contribution >= 4 is 38.9 Å². The molecule has 2 heterocycles. The molecule has 2 nitrogen and oxygen atoms in total. The van der Waals surface area contributed by atoms with Crippen LogP contribution in [0.4, 0.5) is 8.78 Å². The average molecular weight is 408 g/mol. The fourth-order valence-electron chi connectivity index (χ4n) is 2.73. The van der Waals surface area contributed by atoms with Gasteiger partial charge in [-0.15, -0.1) is 11.3 Å². The average Bonchev–Trinajstić information content (AvgIpc) is 2.89. The summed E-state index contributed by atoms with van der Waals surface area (Å²) >= 11 is 10.5. The molecule has 22 heavy (non-hydrogen) atoms. The third-order valence-corrected chi connectivity index (χ3v) is 5.44. The van der Waals surface area contributed by atoms with Crippen LogP contribution in [0.5, 0.6) is 0 Å². The molecule has 0 amide bonds. The Morgan fingerprint density at radius 1 is 1.18 bits per heavy atom. The second-order valence-electron chi connectivity index (χ2n) is 5.11. The Labute approximate surface area is 145 Å². The van der Waals surface area contributed by atoms with Crippen molar-refractivity contribution in [2.24, 2.45) is 0 Å². The molecule has 1 aliphatic rings. The lowest BCUT2D eigenvalue weighted by atomic mass is 10.0. The second kappa shape index (κ2) is 6.93. The Morgan fingerprint density at radius 3 is 2.36 bits per heavy atom. The SMILES string of the molecule is Fc1cc(Br)cc(F)c1[C@H](c1ccc(Cl)s1)N1CCNCC1. The molecule has 1 fully saturated rings. The van der Waals surface area contributed by atoms with E-state index in [1.54, 1.807) is 6.07 Å². The van der Waals surface area contributed by atoms with Crippen molar-refractivity contribution in [3.05, 3.63) is 55.1 Å². The highest BCUT2D eigenvalue weighted by Gasteiger charge is 2.30. The second-order valence-corrected chi connectivity index (χ2v) is 7.78. The van der Waals surface area contributed by atoms with Gasteiger partial charge in [0.1, 0.15) is 11.6 Å². The lowest BCUT2D eigenvalue weighted by molar-refractivity contribution is 0.194. The van der Waals surface area contributed by atoms with Gasteiger partial charge in [0.05, 0.1) is 10.4 Å². The van der Waals surface area contributed by atoms with Crippen LogP contribution >= 0.6 is 38.9 Å². The largest absolute Gasteiger partial charge is 0.314 e. The lowest BCUT2D eigenvalue weighted by Gasteiger charge is -2.35. The molecule has 1 saturated heterocycles. The van der Waals surface area contributed by atoms with Gasteiger partial charge >= 0.3 is 0 Å². The maximum Gasteiger partial charge on any atom is 0.132 e. The van der Waals surface area contributed by atoms with Gasteiger partial charge in [-0.1, -0.05) is 27.5 Å². The molecule has 0 saturated carbocycles. The Bertz CT molecular complexity index is 650. The molecule has 1 aliphatic heterocycles. The fraction of sp³-hybridized carbons (Fsp3) is 0.333. The summed E-state index contributed by atoms with van der Waals surface area (Å²) in [5, 5.41) is 3.26. The summed E-state index contributed by atoms with van der Waals surface area (Å²) in [7, 11) is 0. The third kappa shape index (κ3) is 3.36. The van der Waals surface area contributed by atoms with E-state index in [0.29, 0.717) is 8.81 Å². The van der Waals surface area contributed by atoms with Crippen LogP contribution in [0.3, 0.4) is 0 Å². The number of halogens is 4. The summed E-state index contributed by atoms with van der Waals surface area (Å²) in [5.74, 6) is -1.08. The first-order valence-corrected chi connectivity index (χ1v) is 8.89. The number of nitrogens with one attached hydrogen (secondary N) is 1. The Hall–Kier alpha value is -0.530. The van der Waals surface area contributed by atoms with Crippen LogP contribution in [-0.4, -0.2) is 31.1 Å². The van der Waals surface area contributed by atoms with E-state index in [1.807, 2.05) is 6.07 Å². The number of hydrogen-bond donors (Lipinski definition) is 1. The van der Waals surface area contributed by atoms with E-state index >= 15 is 0 Å². The number of hydrogen-bond acceptors (Lipinski definition) is 3. The molecule has 0 radical (unpaired) electrons. The molecule has 1 N–H and O–H groups in total. The number of rotatable bonds is 3. The topological polar surface area (TPSA) is 15.3 Å². The molecule has 1 atom stereocenters. The van der Waals surface area contributed by atoms with Crippen molar-refractivity contribution in [3.63, 3.8) is 0 Å². The maximum atomic E-state index is 14.5. The normalized spacial score (nSPS) is 17.6. The summed E-state index contributed by atoms with van der Waals surface area (Å²) in [6.07, 6.45) is 0. The van der Waals surface area contributed by atoms with Crippen LogP contribution in [0.25, 0.3) is 0 Å². The van der Waals surface area contributed by atoms with Crippen molar-refractivity contribution in [2.75, 3.05) is 26.2 Å². The van der Waals surface area contributed by atoms with E-state index in [2.05, 4.69) is 26.1 Å². The quantitative estimate of drug-likeness (QED) is 0.809. The van der Waals surface area contributed by atoms with E-state index in [-0.39, 0.29) is 5.56 Å². The van der Waals surface area contributed by atoms with Crippen molar-refractivity contribution < 1.29 is 8.78 Å². The summed E-state index contributed by atoms with van der Waals surface area (Å²) in [4.78, 5) is 2.95. The van der Waals surface area contributed by atoms with Gasteiger partial charge in [0, 0.05) is 41.1 Å². The van der Waals surface area contributed by atoms with Gasteiger partial charge in [-0.3, -0.25) is 4.90 Å². The van der Waals surface area contributed by atoms with Gasteiger partial charge in [0.2, 0.25) is 0 Å². The van der Waals surface area contributed by atoms with Crippen LogP contribution in [-0.2, 0) is 0 Å². The van der Waals surface area contributed by atoms with Crippen molar-refractivity contribution in [1.29, 1.82) is 0 Å². The van der Waals surface area contributed by atoms with E-state index in [1.165, 1.54) is 23.5 Å². The molecular formula is C15H14BrClF2N2S. The zero-order chi connectivity index (χ0) is 15.7. The molecule has 0 spiro atoms. The zero-order valence-corrected chi connectivity index (χ0v) is 14.7. The van der Waals surface area contributed by atoms with Gasteiger partial charge in [0.15, 0.2) is 0 Å². The van der Waals surface area contributed by atoms with Crippen LogP contribution in [0.1, 0.15) is 16.5 Å². The Morgan fingerprint density at radius 2 is 1.82 bits per heavy atom. The molecule has 2 aromatic rings. The predicted octanol–water partition coefficient (Wildman–Crippen LogP) is 4.44. The minimum atomic E-state index is -0.542. The van der Waals surface area contributed by atoms with Crippen LogP contribution in [0.15, 0.2) is 28.7 Å². The first-order valence-electron chi connectivity index (χ1n) is 6.90. The standard InChI is InChI=1S/C15H14BrClF2N2S/c16-9-7-10(18)14(11(19)8-9)15(12-1-2-13(17)22-12)21-5-3-20-4-6-21/h1-2,7-8,15,20H,3-6H2/t15-/m0/s1.